The molecule has 0 fully saturated rings. The quantitative estimate of drug-likeness (QED) is 0.548. The lowest BCUT2D eigenvalue weighted by Crippen LogP contribution is -2.38. The molecule has 1 aromatic carbocycles. The van der Waals surface area contributed by atoms with Crippen molar-refractivity contribution in [1.82, 2.24) is 9.97 Å². The van der Waals surface area contributed by atoms with Gasteiger partial charge >= 0.3 is 11.7 Å². The first-order chi connectivity index (χ1) is 15.1. The fourth-order valence-corrected chi connectivity index (χ4v) is 4.40. The zero-order chi connectivity index (χ0) is 23.2. The van der Waals surface area contributed by atoms with Crippen molar-refractivity contribution in [1.29, 1.82) is 0 Å². The fourth-order valence-electron chi connectivity index (χ4n) is 4.40. The van der Waals surface area contributed by atoms with E-state index < -0.39 is 29.7 Å². The second-order valence-electron chi connectivity index (χ2n) is 8.68. The van der Waals surface area contributed by atoms with Gasteiger partial charge in [-0.1, -0.05) is 19.9 Å². The number of fused-ring (bicyclic) bond motifs is 1. The summed E-state index contributed by atoms with van der Waals surface area (Å²) in [6.07, 6.45) is 0.882. The molecule has 0 bridgehead atoms. The first kappa shape index (κ1) is 21.4. The van der Waals surface area contributed by atoms with Gasteiger partial charge in [0.1, 0.15) is 5.82 Å². The molecule has 10 nitrogen and oxygen atoms in total. The van der Waals surface area contributed by atoms with E-state index in [-0.39, 0.29) is 34.1 Å². The van der Waals surface area contributed by atoms with Crippen molar-refractivity contribution in [3.8, 4) is 11.5 Å². The van der Waals surface area contributed by atoms with Crippen LogP contribution in [0.25, 0.3) is 0 Å². The Balaban J connectivity index is 1.90. The summed E-state index contributed by atoms with van der Waals surface area (Å²) in [4.78, 5) is 53.6. The number of Topliss-reactive ketones (excluding diaryl/α,β-unsaturated/α-hetero) is 1. The summed E-state index contributed by atoms with van der Waals surface area (Å²) in [5, 5.41) is 12.0. The van der Waals surface area contributed by atoms with E-state index in [1.165, 1.54) is 13.2 Å². The average molecular weight is 441 g/mol. The monoisotopic (exact) mass is 441 g/mol. The van der Waals surface area contributed by atoms with Crippen LogP contribution in [0.4, 0.5) is 5.82 Å². The van der Waals surface area contributed by atoms with Crippen molar-refractivity contribution in [3.63, 3.8) is 0 Å². The lowest BCUT2D eigenvalue weighted by atomic mass is 9.69. The molecule has 1 aliphatic heterocycles. The number of aliphatic carboxylic acids is 1. The molecule has 2 heterocycles. The van der Waals surface area contributed by atoms with E-state index in [1.807, 2.05) is 13.8 Å². The maximum atomic E-state index is 13.2. The molecule has 0 amide bonds. The number of ketones is 1. The summed E-state index contributed by atoms with van der Waals surface area (Å²) in [5.41, 5.74) is 0.392. The van der Waals surface area contributed by atoms with Gasteiger partial charge in [0.15, 0.2) is 23.9 Å². The number of aromatic amines is 2. The summed E-state index contributed by atoms with van der Waals surface area (Å²) in [7, 11) is 1.41. The predicted molar refractivity (Wildman–Crippen MR) is 114 cm³/mol. The number of ether oxygens (including phenoxy) is 2. The Bertz CT molecular complexity index is 1270. The summed E-state index contributed by atoms with van der Waals surface area (Å²) < 4.78 is 10.6. The summed E-state index contributed by atoms with van der Waals surface area (Å²) >= 11 is 0. The van der Waals surface area contributed by atoms with Gasteiger partial charge < -0.3 is 19.9 Å². The molecule has 4 rings (SSSR count). The Labute approximate surface area is 182 Å². The SMILES string of the molecule is COc1cc([C@H]2C3=C(CC(C)(C)CC3=O)Nc3[nH]c(=O)[nH]c(=O)c32)ccc1OCC(=O)O. The number of methoxy groups -OCH3 is 1. The lowest BCUT2D eigenvalue weighted by molar-refractivity contribution is -0.139. The number of anilines is 1. The van der Waals surface area contributed by atoms with Crippen molar-refractivity contribution in [2.45, 2.75) is 32.6 Å². The Morgan fingerprint density at radius 3 is 2.59 bits per heavy atom. The summed E-state index contributed by atoms with van der Waals surface area (Å²) in [6.45, 7) is 3.42. The van der Waals surface area contributed by atoms with Gasteiger partial charge in [-0.05, 0) is 29.5 Å². The van der Waals surface area contributed by atoms with Gasteiger partial charge in [-0.25, -0.2) is 9.59 Å². The highest BCUT2D eigenvalue weighted by Gasteiger charge is 2.42. The van der Waals surface area contributed by atoms with Crippen LogP contribution in [0.1, 0.15) is 43.7 Å². The van der Waals surface area contributed by atoms with Gasteiger partial charge in [-0.3, -0.25) is 19.6 Å². The molecule has 0 unspecified atom stereocenters. The maximum absolute atomic E-state index is 13.2. The van der Waals surface area contributed by atoms with Gasteiger partial charge in [0.05, 0.1) is 12.7 Å². The number of nitrogens with one attached hydrogen (secondary N) is 3. The second kappa shape index (κ2) is 7.70. The van der Waals surface area contributed by atoms with Crippen LogP contribution in [0.2, 0.25) is 0 Å². The molecule has 4 N–H and O–H groups in total. The molecule has 1 aromatic heterocycles. The fraction of sp³-hybridized carbons (Fsp3) is 0.364. The molecule has 0 radical (unpaired) electrons. The van der Waals surface area contributed by atoms with Crippen LogP contribution in [-0.4, -0.2) is 40.5 Å². The molecule has 0 saturated carbocycles. The zero-order valence-electron chi connectivity index (χ0n) is 17.8. The molecule has 10 heteroatoms. The number of aromatic nitrogens is 2. The van der Waals surface area contributed by atoms with Gasteiger partial charge in [0.2, 0.25) is 0 Å². The molecule has 1 aliphatic carbocycles. The number of carboxylic acids is 1. The molecular formula is C22H23N3O7. The van der Waals surface area contributed by atoms with Crippen molar-refractivity contribution in [2.75, 3.05) is 19.0 Å². The topological polar surface area (TPSA) is 151 Å². The molecule has 0 saturated heterocycles. The highest BCUT2D eigenvalue weighted by atomic mass is 16.5. The molecule has 2 aliphatic rings. The highest BCUT2D eigenvalue weighted by Crippen LogP contribution is 2.48. The van der Waals surface area contributed by atoms with Crippen LogP contribution >= 0.6 is 0 Å². The van der Waals surface area contributed by atoms with E-state index in [4.69, 9.17) is 14.6 Å². The van der Waals surface area contributed by atoms with Crippen LogP contribution in [0, 0.1) is 5.41 Å². The smallest absolute Gasteiger partial charge is 0.341 e. The van der Waals surface area contributed by atoms with Crippen molar-refractivity contribution >= 4 is 17.6 Å². The Kier molecular flexibility index (Phi) is 5.15. The third-order valence-electron chi connectivity index (χ3n) is 5.62. The maximum Gasteiger partial charge on any atom is 0.341 e. The number of H-pyrrole nitrogens is 2. The Hall–Kier alpha value is -3.82. The van der Waals surface area contributed by atoms with Crippen molar-refractivity contribution in [2.24, 2.45) is 5.41 Å². The Morgan fingerprint density at radius 1 is 1.16 bits per heavy atom. The third-order valence-corrected chi connectivity index (χ3v) is 5.62. The van der Waals surface area contributed by atoms with Crippen LogP contribution < -0.4 is 26.0 Å². The Morgan fingerprint density at radius 2 is 1.91 bits per heavy atom. The average Bonchev–Trinajstić information content (AvgIpc) is 2.69. The summed E-state index contributed by atoms with van der Waals surface area (Å²) in [6, 6.07) is 4.80. The molecule has 0 spiro atoms. The van der Waals surface area contributed by atoms with Crippen LogP contribution in [0.5, 0.6) is 11.5 Å². The number of carboxylic acid groups (broad SMARTS) is 1. The predicted octanol–water partition coefficient (Wildman–Crippen LogP) is 1.74. The van der Waals surface area contributed by atoms with Gasteiger partial charge in [-0.15, -0.1) is 0 Å². The van der Waals surface area contributed by atoms with Crippen LogP contribution in [0.3, 0.4) is 0 Å². The van der Waals surface area contributed by atoms with E-state index in [9.17, 15) is 19.2 Å². The van der Waals surface area contributed by atoms with E-state index >= 15 is 0 Å². The molecule has 1 atom stereocenters. The normalized spacial score (nSPS) is 19.0. The minimum atomic E-state index is -1.14. The first-order valence-corrected chi connectivity index (χ1v) is 10.0. The molecular weight excluding hydrogens is 418 g/mol. The van der Waals surface area contributed by atoms with E-state index in [0.29, 0.717) is 29.7 Å². The number of allylic oxidation sites excluding steroid dienone is 2. The van der Waals surface area contributed by atoms with Gasteiger partial charge in [0.25, 0.3) is 5.56 Å². The number of hydrogen-bond acceptors (Lipinski definition) is 7. The first-order valence-electron chi connectivity index (χ1n) is 10.0. The number of benzene rings is 1. The van der Waals surface area contributed by atoms with Gasteiger partial charge in [0, 0.05) is 23.6 Å². The number of carbonyl (C=O) groups is 2. The number of hydrogen-bond donors (Lipinski definition) is 4. The highest BCUT2D eigenvalue weighted by molar-refractivity contribution is 6.01. The van der Waals surface area contributed by atoms with E-state index in [1.54, 1.807) is 12.1 Å². The largest absolute Gasteiger partial charge is 0.493 e. The molecule has 32 heavy (non-hydrogen) atoms. The van der Waals surface area contributed by atoms with Gasteiger partial charge in [-0.2, -0.15) is 0 Å². The lowest BCUT2D eigenvalue weighted by Gasteiger charge is -2.38. The van der Waals surface area contributed by atoms with E-state index in [0.717, 1.165) is 0 Å². The minimum Gasteiger partial charge on any atom is -0.493 e. The molecule has 168 valence electrons. The molecule has 2 aromatic rings. The second-order valence-corrected chi connectivity index (χ2v) is 8.68. The zero-order valence-corrected chi connectivity index (χ0v) is 17.8. The van der Waals surface area contributed by atoms with Crippen molar-refractivity contribution < 1.29 is 24.2 Å². The summed E-state index contributed by atoms with van der Waals surface area (Å²) in [5.74, 6) is -1.24. The number of rotatable bonds is 5. The van der Waals surface area contributed by atoms with Crippen molar-refractivity contribution in [3.05, 3.63) is 61.4 Å². The minimum absolute atomic E-state index is 0.0878. The van der Waals surface area contributed by atoms with Crippen LogP contribution in [0.15, 0.2) is 39.1 Å². The third kappa shape index (κ3) is 3.79. The standard InChI is InChI=1S/C22H23N3O7/c1-22(2)7-11-17(12(26)8-22)16(18-19(23-11)24-21(30)25-20(18)29)10-4-5-13(14(6-10)31-3)32-9-15(27)28/h4-6,16H,7-9H2,1-3H3,(H,27,28)(H3,23,24,25,29,30)/t16-/m0/s1. The number of carbonyl (C=O) groups excluding carboxylic acids is 1. The van der Waals surface area contributed by atoms with Crippen LogP contribution in [-0.2, 0) is 9.59 Å². The van der Waals surface area contributed by atoms with E-state index in [2.05, 4.69) is 15.3 Å².